The molecule has 16 heavy (non-hydrogen) atoms. The topological polar surface area (TPSA) is 18.5 Å². The number of benzene rings is 2. The molecule has 0 spiro atoms. The van der Waals surface area contributed by atoms with Crippen LogP contribution in [0.3, 0.4) is 0 Å². The summed E-state index contributed by atoms with van der Waals surface area (Å²) in [5.74, 6) is 1.55. The molecule has 0 amide bonds. The SMILES string of the molecule is [CH2]Oc1ccc(OCc2ccccc2)cc1. The van der Waals surface area contributed by atoms with Crippen LogP contribution < -0.4 is 9.47 Å². The van der Waals surface area contributed by atoms with Gasteiger partial charge in [0.25, 0.3) is 0 Å². The molecule has 2 heteroatoms. The summed E-state index contributed by atoms with van der Waals surface area (Å²) in [6, 6.07) is 17.4. The molecule has 0 saturated carbocycles. The smallest absolute Gasteiger partial charge is 0.122 e. The van der Waals surface area contributed by atoms with Crippen LogP contribution in [-0.4, -0.2) is 0 Å². The van der Waals surface area contributed by atoms with E-state index in [9.17, 15) is 0 Å². The van der Waals surface area contributed by atoms with Crippen molar-refractivity contribution in [2.45, 2.75) is 6.61 Å². The molecule has 0 atom stereocenters. The minimum atomic E-state index is 0.575. The predicted molar refractivity (Wildman–Crippen MR) is 63.2 cm³/mol. The van der Waals surface area contributed by atoms with Crippen LogP contribution >= 0.6 is 0 Å². The van der Waals surface area contributed by atoms with Crippen LogP contribution in [0.25, 0.3) is 0 Å². The molecule has 1 radical (unpaired) electrons. The van der Waals surface area contributed by atoms with Gasteiger partial charge in [0.2, 0.25) is 0 Å². The van der Waals surface area contributed by atoms with Gasteiger partial charge in [-0.3, -0.25) is 0 Å². The maximum atomic E-state index is 5.62. The van der Waals surface area contributed by atoms with E-state index in [-0.39, 0.29) is 0 Å². The van der Waals surface area contributed by atoms with Crippen LogP contribution in [0.2, 0.25) is 0 Å². The lowest BCUT2D eigenvalue weighted by Gasteiger charge is -2.06. The van der Waals surface area contributed by atoms with Gasteiger partial charge in [-0.15, -0.1) is 0 Å². The third-order valence-corrected chi connectivity index (χ3v) is 2.24. The number of ether oxygens (including phenoxy) is 2. The van der Waals surface area contributed by atoms with Crippen molar-refractivity contribution in [3.05, 3.63) is 67.3 Å². The summed E-state index contributed by atoms with van der Waals surface area (Å²) in [6.45, 7) is 0.575. The van der Waals surface area contributed by atoms with Crippen molar-refractivity contribution in [2.24, 2.45) is 0 Å². The average molecular weight is 213 g/mol. The molecule has 0 bridgehead atoms. The Labute approximate surface area is 95.4 Å². The zero-order valence-corrected chi connectivity index (χ0v) is 8.93. The molecule has 2 aromatic rings. The first-order chi connectivity index (χ1) is 7.88. The molecule has 0 saturated heterocycles. The minimum Gasteiger partial charge on any atom is -0.490 e. The summed E-state index contributed by atoms with van der Waals surface area (Å²) < 4.78 is 10.4. The summed E-state index contributed by atoms with van der Waals surface area (Å²) in [5, 5.41) is 0. The largest absolute Gasteiger partial charge is 0.490 e. The maximum absolute atomic E-state index is 5.62. The Balaban J connectivity index is 1.94. The first-order valence-electron chi connectivity index (χ1n) is 5.07. The molecule has 0 aliphatic rings. The quantitative estimate of drug-likeness (QED) is 0.774. The zero-order chi connectivity index (χ0) is 11.2. The van der Waals surface area contributed by atoms with Crippen LogP contribution in [-0.2, 0) is 6.61 Å². The van der Waals surface area contributed by atoms with Crippen molar-refractivity contribution >= 4 is 0 Å². The van der Waals surface area contributed by atoms with Crippen LogP contribution in [0.15, 0.2) is 54.6 Å². The van der Waals surface area contributed by atoms with Gasteiger partial charge in [0, 0.05) is 0 Å². The van der Waals surface area contributed by atoms with Crippen molar-refractivity contribution < 1.29 is 9.47 Å². The summed E-state index contributed by atoms with van der Waals surface area (Å²) in [4.78, 5) is 0. The van der Waals surface area contributed by atoms with Gasteiger partial charge in [-0.2, -0.15) is 0 Å². The van der Waals surface area contributed by atoms with Crippen LogP contribution in [0, 0.1) is 7.11 Å². The molecule has 0 aromatic heterocycles. The van der Waals surface area contributed by atoms with Crippen LogP contribution in [0.4, 0.5) is 0 Å². The molecule has 2 aromatic carbocycles. The highest BCUT2D eigenvalue weighted by molar-refractivity contribution is 5.31. The van der Waals surface area contributed by atoms with E-state index in [1.54, 1.807) is 0 Å². The van der Waals surface area contributed by atoms with E-state index in [4.69, 9.17) is 9.47 Å². The van der Waals surface area contributed by atoms with Crippen LogP contribution in [0.5, 0.6) is 11.5 Å². The fourth-order valence-corrected chi connectivity index (χ4v) is 1.37. The zero-order valence-electron chi connectivity index (χ0n) is 8.93. The van der Waals surface area contributed by atoms with E-state index in [0.717, 1.165) is 17.1 Å². The number of hydrogen-bond acceptors (Lipinski definition) is 2. The molecule has 0 fully saturated rings. The van der Waals surface area contributed by atoms with E-state index in [2.05, 4.69) is 7.11 Å². The van der Waals surface area contributed by atoms with E-state index in [1.807, 2.05) is 54.6 Å². The van der Waals surface area contributed by atoms with Crippen molar-refractivity contribution in [1.82, 2.24) is 0 Å². The lowest BCUT2D eigenvalue weighted by molar-refractivity contribution is 0.305. The van der Waals surface area contributed by atoms with E-state index in [1.165, 1.54) is 0 Å². The maximum Gasteiger partial charge on any atom is 0.122 e. The minimum absolute atomic E-state index is 0.575. The summed E-state index contributed by atoms with van der Waals surface area (Å²) >= 11 is 0. The molecular weight excluding hydrogens is 200 g/mol. The Morgan fingerprint density at radius 2 is 1.44 bits per heavy atom. The second-order valence-electron chi connectivity index (χ2n) is 3.39. The van der Waals surface area contributed by atoms with Gasteiger partial charge in [-0.1, -0.05) is 30.3 Å². The van der Waals surface area contributed by atoms with Gasteiger partial charge in [-0.05, 0) is 29.8 Å². The summed E-state index contributed by atoms with van der Waals surface area (Å²) in [5.41, 5.74) is 1.15. The van der Waals surface area contributed by atoms with Crippen molar-refractivity contribution in [3.8, 4) is 11.5 Å². The fourth-order valence-electron chi connectivity index (χ4n) is 1.37. The number of rotatable bonds is 4. The molecule has 2 nitrogen and oxygen atoms in total. The van der Waals surface area contributed by atoms with Gasteiger partial charge < -0.3 is 9.47 Å². The fraction of sp³-hybridized carbons (Fsp3) is 0.0714. The monoisotopic (exact) mass is 213 g/mol. The number of hydrogen-bond donors (Lipinski definition) is 0. The van der Waals surface area contributed by atoms with Crippen molar-refractivity contribution in [3.63, 3.8) is 0 Å². The molecule has 2 rings (SSSR count). The van der Waals surface area contributed by atoms with E-state index in [0.29, 0.717) is 6.61 Å². The Morgan fingerprint density at radius 1 is 0.812 bits per heavy atom. The first kappa shape index (κ1) is 10.6. The Kier molecular flexibility index (Phi) is 3.44. The van der Waals surface area contributed by atoms with E-state index < -0.39 is 0 Å². The molecular formula is C14H13O2. The standard InChI is InChI=1S/C14H13O2/c1-15-13-7-9-14(10-8-13)16-11-12-5-3-2-4-6-12/h2-10H,1,11H2. The highest BCUT2D eigenvalue weighted by Gasteiger charge is 1.96. The van der Waals surface area contributed by atoms with Crippen LogP contribution in [0.1, 0.15) is 5.56 Å². The van der Waals surface area contributed by atoms with Gasteiger partial charge in [0.1, 0.15) is 25.2 Å². The molecule has 0 unspecified atom stereocenters. The van der Waals surface area contributed by atoms with Gasteiger partial charge in [-0.25, -0.2) is 0 Å². The highest BCUT2D eigenvalue weighted by atomic mass is 16.5. The second kappa shape index (κ2) is 5.21. The third kappa shape index (κ3) is 2.76. The van der Waals surface area contributed by atoms with Crippen molar-refractivity contribution in [2.75, 3.05) is 0 Å². The molecule has 0 heterocycles. The first-order valence-corrected chi connectivity index (χ1v) is 5.07. The average Bonchev–Trinajstić information content (AvgIpc) is 2.38. The van der Waals surface area contributed by atoms with Gasteiger partial charge in [0.05, 0.1) is 0 Å². The normalized spacial score (nSPS) is 9.81. The lowest BCUT2D eigenvalue weighted by Crippen LogP contribution is -1.94. The highest BCUT2D eigenvalue weighted by Crippen LogP contribution is 2.18. The molecule has 0 aliphatic carbocycles. The third-order valence-electron chi connectivity index (χ3n) is 2.24. The van der Waals surface area contributed by atoms with E-state index >= 15 is 0 Å². The molecule has 0 aliphatic heterocycles. The predicted octanol–water partition coefficient (Wildman–Crippen LogP) is 3.44. The lowest BCUT2D eigenvalue weighted by atomic mass is 10.2. The Hall–Kier alpha value is -1.96. The second-order valence-corrected chi connectivity index (χ2v) is 3.39. The van der Waals surface area contributed by atoms with Gasteiger partial charge >= 0.3 is 0 Å². The summed E-state index contributed by atoms with van der Waals surface area (Å²) in [6.07, 6.45) is 0. The summed E-state index contributed by atoms with van der Waals surface area (Å²) in [7, 11) is 3.34. The van der Waals surface area contributed by atoms with Crippen molar-refractivity contribution in [1.29, 1.82) is 0 Å². The Bertz CT molecular complexity index is 420. The molecule has 81 valence electrons. The Morgan fingerprint density at radius 3 is 2.06 bits per heavy atom. The molecule has 0 N–H and O–H groups in total. The van der Waals surface area contributed by atoms with Gasteiger partial charge in [0.15, 0.2) is 0 Å².